The molecule has 0 aliphatic heterocycles. The summed E-state index contributed by atoms with van der Waals surface area (Å²) in [5, 5.41) is 3.42. The molecule has 88 valence electrons. The first-order valence-electron chi connectivity index (χ1n) is 4.90. The van der Waals surface area contributed by atoms with Crippen LogP contribution in [0.4, 0.5) is 5.69 Å². The van der Waals surface area contributed by atoms with Gasteiger partial charge in [0.15, 0.2) is 0 Å². The number of nitrogens with two attached hydrogens (primary N) is 1. The van der Waals surface area contributed by atoms with Crippen molar-refractivity contribution in [3.05, 3.63) is 28.2 Å². The summed E-state index contributed by atoms with van der Waals surface area (Å²) in [6.07, 6.45) is 2.09. The summed E-state index contributed by atoms with van der Waals surface area (Å²) in [6, 6.07) is 6.30. The number of benzene rings is 1. The van der Waals surface area contributed by atoms with Crippen LogP contribution in [0.15, 0.2) is 22.7 Å². The molecule has 0 bridgehead atoms. The van der Waals surface area contributed by atoms with Gasteiger partial charge in [0.1, 0.15) is 4.99 Å². The van der Waals surface area contributed by atoms with Crippen molar-refractivity contribution < 1.29 is 0 Å². The second kappa shape index (κ2) is 6.47. The SMILES string of the molecule is CSCC(C)Nc1cccc(Br)c1C(N)=S. The highest BCUT2D eigenvalue weighted by Crippen LogP contribution is 2.25. The number of nitrogens with one attached hydrogen (secondary N) is 1. The second-order valence-electron chi connectivity index (χ2n) is 3.53. The fourth-order valence-corrected chi connectivity index (χ4v) is 2.97. The van der Waals surface area contributed by atoms with Crippen molar-refractivity contribution in [3.63, 3.8) is 0 Å². The Kier molecular flexibility index (Phi) is 5.58. The number of rotatable bonds is 5. The van der Waals surface area contributed by atoms with E-state index in [0.29, 0.717) is 11.0 Å². The molecule has 3 N–H and O–H groups in total. The lowest BCUT2D eigenvalue weighted by Gasteiger charge is -2.17. The van der Waals surface area contributed by atoms with E-state index in [4.69, 9.17) is 18.0 Å². The Labute approximate surface area is 114 Å². The molecule has 0 aromatic heterocycles. The average Bonchev–Trinajstić information content (AvgIpc) is 2.17. The Balaban J connectivity index is 2.95. The van der Waals surface area contributed by atoms with Gasteiger partial charge in [-0.25, -0.2) is 0 Å². The molecule has 5 heteroatoms. The molecule has 1 aromatic carbocycles. The number of thioether (sulfide) groups is 1. The predicted octanol–water partition coefficient (Wildman–Crippen LogP) is 3.25. The summed E-state index contributed by atoms with van der Waals surface area (Å²) in [4.78, 5) is 0.409. The monoisotopic (exact) mass is 318 g/mol. The van der Waals surface area contributed by atoms with Crippen molar-refractivity contribution in [2.45, 2.75) is 13.0 Å². The van der Waals surface area contributed by atoms with Crippen LogP contribution in [0.2, 0.25) is 0 Å². The van der Waals surface area contributed by atoms with Crippen LogP contribution >= 0.6 is 39.9 Å². The van der Waals surface area contributed by atoms with Crippen LogP contribution in [0.5, 0.6) is 0 Å². The van der Waals surface area contributed by atoms with Crippen LogP contribution < -0.4 is 11.1 Å². The maximum Gasteiger partial charge on any atom is 0.107 e. The Hall–Kier alpha value is -0.260. The Morgan fingerprint density at radius 2 is 2.31 bits per heavy atom. The minimum absolute atomic E-state index is 0.386. The maximum atomic E-state index is 5.72. The third-order valence-electron chi connectivity index (χ3n) is 2.08. The van der Waals surface area contributed by atoms with E-state index in [1.54, 1.807) is 0 Å². The number of thiocarbonyl (C=S) groups is 1. The molecule has 2 nitrogen and oxygen atoms in total. The number of halogens is 1. The minimum atomic E-state index is 0.386. The lowest BCUT2D eigenvalue weighted by Crippen LogP contribution is -2.21. The molecule has 0 saturated heterocycles. The summed E-state index contributed by atoms with van der Waals surface area (Å²) < 4.78 is 0.932. The van der Waals surface area contributed by atoms with E-state index in [1.807, 2.05) is 30.0 Å². The quantitative estimate of drug-likeness (QED) is 0.817. The summed E-state index contributed by atoms with van der Waals surface area (Å²) in [6.45, 7) is 2.14. The third kappa shape index (κ3) is 3.64. The molecule has 0 fully saturated rings. The van der Waals surface area contributed by atoms with Crippen molar-refractivity contribution >= 4 is 50.6 Å². The van der Waals surface area contributed by atoms with E-state index in [0.717, 1.165) is 21.5 Å². The molecule has 0 saturated carbocycles. The van der Waals surface area contributed by atoms with E-state index in [9.17, 15) is 0 Å². The normalized spacial score (nSPS) is 12.2. The van der Waals surface area contributed by atoms with Crippen molar-refractivity contribution in [1.29, 1.82) is 0 Å². The molecule has 1 aromatic rings. The molecule has 0 aliphatic rings. The van der Waals surface area contributed by atoms with Gasteiger partial charge in [0.05, 0.1) is 0 Å². The lowest BCUT2D eigenvalue weighted by molar-refractivity contribution is 0.914. The number of hydrogen-bond donors (Lipinski definition) is 2. The highest BCUT2D eigenvalue weighted by molar-refractivity contribution is 9.10. The molecule has 1 atom stereocenters. The largest absolute Gasteiger partial charge is 0.389 e. The summed E-state index contributed by atoms with van der Waals surface area (Å²) in [5.74, 6) is 1.04. The second-order valence-corrected chi connectivity index (χ2v) is 5.73. The standard InChI is InChI=1S/C11H15BrN2S2/c1-7(6-16-2)14-9-5-3-4-8(12)10(9)11(13)15/h3-5,7,14H,6H2,1-2H3,(H2,13,15). The van der Waals surface area contributed by atoms with Gasteiger partial charge in [-0.2, -0.15) is 11.8 Å². The van der Waals surface area contributed by atoms with Gasteiger partial charge in [-0.15, -0.1) is 0 Å². The Morgan fingerprint density at radius 1 is 1.62 bits per heavy atom. The average molecular weight is 319 g/mol. The zero-order valence-corrected chi connectivity index (χ0v) is 12.5. The van der Waals surface area contributed by atoms with Crippen molar-refractivity contribution in [3.8, 4) is 0 Å². The Bertz CT molecular complexity index is 382. The van der Waals surface area contributed by atoms with Gasteiger partial charge in [-0.1, -0.05) is 18.3 Å². The summed E-state index contributed by atoms with van der Waals surface area (Å²) in [5.41, 5.74) is 7.59. The van der Waals surface area contributed by atoms with Gasteiger partial charge < -0.3 is 11.1 Å². The highest BCUT2D eigenvalue weighted by Gasteiger charge is 2.10. The predicted molar refractivity (Wildman–Crippen MR) is 81.5 cm³/mol. The van der Waals surface area contributed by atoms with Crippen LogP contribution in [0, 0.1) is 0 Å². The van der Waals surface area contributed by atoms with E-state index < -0.39 is 0 Å². The van der Waals surface area contributed by atoms with Crippen molar-refractivity contribution in [1.82, 2.24) is 0 Å². The molecule has 0 spiro atoms. The van der Waals surface area contributed by atoms with E-state index >= 15 is 0 Å². The van der Waals surface area contributed by atoms with Crippen LogP contribution in [0.1, 0.15) is 12.5 Å². The fourth-order valence-electron chi connectivity index (χ4n) is 1.45. The first-order chi connectivity index (χ1) is 7.56. The first-order valence-corrected chi connectivity index (χ1v) is 7.49. The van der Waals surface area contributed by atoms with Gasteiger partial charge in [0, 0.05) is 27.5 Å². The lowest BCUT2D eigenvalue weighted by atomic mass is 10.1. The molecule has 0 aliphatic carbocycles. The smallest absolute Gasteiger partial charge is 0.107 e. The molecular weight excluding hydrogens is 304 g/mol. The number of anilines is 1. The van der Waals surface area contributed by atoms with Crippen LogP contribution in [0.25, 0.3) is 0 Å². The molecule has 1 unspecified atom stereocenters. The molecule has 16 heavy (non-hydrogen) atoms. The highest BCUT2D eigenvalue weighted by atomic mass is 79.9. The Morgan fingerprint density at radius 3 is 2.88 bits per heavy atom. The van der Waals surface area contributed by atoms with E-state index in [-0.39, 0.29) is 0 Å². The van der Waals surface area contributed by atoms with Gasteiger partial charge in [-0.3, -0.25) is 0 Å². The van der Waals surface area contributed by atoms with Crippen LogP contribution in [-0.2, 0) is 0 Å². The van der Waals surface area contributed by atoms with Gasteiger partial charge >= 0.3 is 0 Å². The topological polar surface area (TPSA) is 38.0 Å². The van der Waals surface area contributed by atoms with Crippen molar-refractivity contribution in [2.75, 3.05) is 17.3 Å². The molecule has 0 heterocycles. The minimum Gasteiger partial charge on any atom is -0.389 e. The zero-order chi connectivity index (χ0) is 12.1. The first kappa shape index (κ1) is 13.8. The van der Waals surface area contributed by atoms with Gasteiger partial charge in [0.2, 0.25) is 0 Å². The zero-order valence-electron chi connectivity index (χ0n) is 9.29. The summed E-state index contributed by atoms with van der Waals surface area (Å²) >= 11 is 10.3. The molecule has 0 radical (unpaired) electrons. The van der Waals surface area contributed by atoms with Crippen LogP contribution in [0.3, 0.4) is 0 Å². The van der Waals surface area contributed by atoms with Gasteiger partial charge in [0.25, 0.3) is 0 Å². The third-order valence-corrected chi connectivity index (χ3v) is 3.78. The molecule has 1 rings (SSSR count). The number of hydrogen-bond acceptors (Lipinski definition) is 3. The molecule has 0 amide bonds. The van der Waals surface area contributed by atoms with Crippen LogP contribution in [-0.4, -0.2) is 23.0 Å². The van der Waals surface area contributed by atoms with E-state index in [1.165, 1.54) is 0 Å². The summed E-state index contributed by atoms with van der Waals surface area (Å²) in [7, 11) is 0. The van der Waals surface area contributed by atoms with Crippen molar-refractivity contribution in [2.24, 2.45) is 5.73 Å². The molecular formula is C11H15BrN2S2. The van der Waals surface area contributed by atoms with Gasteiger partial charge in [-0.05, 0) is 41.2 Å². The maximum absolute atomic E-state index is 5.72. The fraction of sp³-hybridized carbons (Fsp3) is 0.364. The van der Waals surface area contributed by atoms with E-state index in [2.05, 4.69) is 34.4 Å².